The van der Waals surface area contributed by atoms with Crippen LogP contribution in [-0.2, 0) is 6.42 Å². The Hall–Kier alpha value is -2.02. The van der Waals surface area contributed by atoms with Gasteiger partial charge in [-0.25, -0.2) is 0 Å². The van der Waals surface area contributed by atoms with E-state index in [0.717, 1.165) is 0 Å². The zero-order valence-corrected chi connectivity index (χ0v) is 11.0. The molecule has 6 nitrogen and oxygen atoms in total. The van der Waals surface area contributed by atoms with Gasteiger partial charge >= 0.3 is 0 Å². The molecular formula is C11H14N4O2S. The first-order valence-corrected chi connectivity index (χ1v) is 5.77. The molecule has 0 spiro atoms. The van der Waals surface area contributed by atoms with Crippen molar-refractivity contribution in [1.82, 2.24) is 10.7 Å². The summed E-state index contributed by atoms with van der Waals surface area (Å²) in [6, 6.07) is 5.00. The monoisotopic (exact) mass is 266 g/mol. The average Bonchev–Trinajstić information content (AvgIpc) is 2.38. The fraction of sp³-hybridized carbons (Fsp3) is 0.273. The van der Waals surface area contributed by atoms with Crippen LogP contribution in [0.2, 0.25) is 0 Å². The minimum atomic E-state index is -0.387. The van der Waals surface area contributed by atoms with E-state index in [1.54, 1.807) is 19.2 Å². The highest BCUT2D eigenvalue weighted by molar-refractivity contribution is 7.80. The largest absolute Gasteiger partial charge is 0.364 e. The van der Waals surface area contributed by atoms with Gasteiger partial charge in [0.2, 0.25) is 0 Å². The Bertz CT molecular complexity index is 488. The van der Waals surface area contributed by atoms with Gasteiger partial charge in [0.05, 0.1) is 11.1 Å². The van der Waals surface area contributed by atoms with Crippen LogP contribution in [0.1, 0.15) is 18.1 Å². The highest BCUT2D eigenvalue weighted by atomic mass is 32.1. The minimum absolute atomic E-state index is 0.109. The number of nitrogens with one attached hydrogen (secondary N) is 2. The summed E-state index contributed by atoms with van der Waals surface area (Å²) in [6.45, 7) is 1.88. The summed E-state index contributed by atoms with van der Waals surface area (Å²) in [4.78, 5) is 10.5. The minimum Gasteiger partial charge on any atom is -0.364 e. The summed E-state index contributed by atoms with van der Waals surface area (Å²) < 4.78 is 0. The van der Waals surface area contributed by atoms with Crippen molar-refractivity contribution in [1.29, 1.82) is 0 Å². The van der Waals surface area contributed by atoms with E-state index in [0.29, 0.717) is 22.7 Å². The number of rotatable bonds is 4. The van der Waals surface area contributed by atoms with Crippen LogP contribution >= 0.6 is 12.2 Å². The molecule has 0 aliphatic heterocycles. The summed E-state index contributed by atoms with van der Waals surface area (Å²) in [5, 5.41) is 17.8. The number of hydrogen-bond acceptors (Lipinski definition) is 4. The quantitative estimate of drug-likeness (QED) is 0.374. The molecule has 0 atom stereocenters. The predicted octanol–water partition coefficient (Wildman–Crippen LogP) is 1.58. The maximum Gasteiger partial charge on any atom is 0.273 e. The van der Waals surface area contributed by atoms with Crippen LogP contribution in [0.4, 0.5) is 5.69 Å². The summed E-state index contributed by atoms with van der Waals surface area (Å²) >= 11 is 4.83. The molecule has 18 heavy (non-hydrogen) atoms. The molecule has 1 rings (SSSR count). The van der Waals surface area contributed by atoms with Crippen molar-refractivity contribution >= 4 is 29.2 Å². The molecule has 0 bridgehead atoms. The summed E-state index contributed by atoms with van der Waals surface area (Å²) in [7, 11) is 1.67. The predicted molar refractivity (Wildman–Crippen MR) is 74.9 cm³/mol. The van der Waals surface area contributed by atoms with Crippen LogP contribution < -0.4 is 10.7 Å². The van der Waals surface area contributed by atoms with Crippen molar-refractivity contribution in [3.05, 3.63) is 39.4 Å². The summed E-state index contributed by atoms with van der Waals surface area (Å²) in [5.41, 5.74) is 4.04. The van der Waals surface area contributed by atoms with Gasteiger partial charge in [-0.1, -0.05) is 19.1 Å². The van der Waals surface area contributed by atoms with Gasteiger partial charge < -0.3 is 5.32 Å². The molecule has 96 valence electrons. The second-order valence-corrected chi connectivity index (χ2v) is 3.86. The molecule has 0 heterocycles. The van der Waals surface area contributed by atoms with Crippen LogP contribution in [0, 0.1) is 10.1 Å². The Morgan fingerprint density at radius 2 is 2.33 bits per heavy atom. The molecule has 0 aliphatic carbocycles. The van der Waals surface area contributed by atoms with Crippen molar-refractivity contribution in [2.45, 2.75) is 13.3 Å². The molecule has 7 heteroatoms. The van der Waals surface area contributed by atoms with E-state index in [1.807, 2.05) is 6.92 Å². The average molecular weight is 266 g/mol. The Balaban J connectivity index is 2.88. The van der Waals surface area contributed by atoms with Crippen LogP contribution in [0.3, 0.4) is 0 Å². The number of nitro groups is 1. The normalized spacial score (nSPS) is 10.3. The lowest BCUT2D eigenvalue weighted by Crippen LogP contribution is -2.28. The standard InChI is InChI=1S/C11H14N4O2S/c1-3-9-5-4-8(6-10(9)15(16)17)7-13-14-11(18)12-2/h4-7H,3H2,1-2H3,(H2,12,14,18)/b13-7-. The molecule has 0 fully saturated rings. The van der Waals surface area contributed by atoms with Crippen molar-refractivity contribution in [2.24, 2.45) is 5.10 Å². The van der Waals surface area contributed by atoms with E-state index in [-0.39, 0.29) is 10.6 Å². The van der Waals surface area contributed by atoms with Crippen molar-refractivity contribution in [3.8, 4) is 0 Å². The topological polar surface area (TPSA) is 79.6 Å². The Kier molecular flexibility index (Phi) is 5.19. The zero-order valence-electron chi connectivity index (χ0n) is 10.1. The van der Waals surface area contributed by atoms with Crippen molar-refractivity contribution < 1.29 is 4.92 Å². The number of aryl methyl sites for hydroxylation is 1. The van der Waals surface area contributed by atoms with Crippen LogP contribution in [0.25, 0.3) is 0 Å². The van der Waals surface area contributed by atoms with E-state index in [2.05, 4.69) is 15.8 Å². The second-order valence-electron chi connectivity index (χ2n) is 3.45. The second kappa shape index (κ2) is 6.65. The van der Waals surface area contributed by atoms with Crippen LogP contribution in [-0.4, -0.2) is 23.3 Å². The third-order valence-corrected chi connectivity index (χ3v) is 2.59. The Morgan fingerprint density at radius 3 is 2.89 bits per heavy atom. The number of hydrogen-bond donors (Lipinski definition) is 2. The van der Waals surface area contributed by atoms with Gasteiger partial charge in [0, 0.05) is 24.2 Å². The third kappa shape index (κ3) is 3.77. The lowest BCUT2D eigenvalue weighted by atomic mass is 10.1. The van der Waals surface area contributed by atoms with Gasteiger partial charge in [0.1, 0.15) is 0 Å². The van der Waals surface area contributed by atoms with Gasteiger partial charge in [0.15, 0.2) is 5.11 Å². The van der Waals surface area contributed by atoms with Gasteiger partial charge in [-0.05, 0) is 18.6 Å². The smallest absolute Gasteiger partial charge is 0.273 e. The molecule has 0 saturated carbocycles. The first-order chi connectivity index (χ1) is 8.58. The Morgan fingerprint density at radius 1 is 1.61 bits per heavy atom. The first-order valence-electron chi connectivity index (χ1n) is 5.36. The van der Waals surface area contributed by atoms with Gasteiger partial charge in [-0.2, -0.15) is 5.10 Å². The zero-order chi connectivity index (χ0) is 13.5. The summed E-state index contributed by atoms with van der Waals surface area (Å²) in [6.07, 6.45) is 2.10. The maximum absolute atomic E-state index is 10.9. The molecule has 0 amide bonds. The molecule has 1 aromatic rings. The highest BCUT2D eigenvalue weighted by Crippen LogP contribution is 2.19. The highest BCUT2D eigenvalue weighted by Gasteiger charge is 2.12. The third-order valence-electron chi connectivity index (χ3n) is 2.29. The molecule has 0 saturated heterocycles. The number of nitrogens with zero attached hydrogens (tertiary/aromatic N) is 2. The first kappa shape index (κ1) is 14.0. The SMILES string of the molecule is CCc1ccc(/C=N\NC(=S)NC)cc1[N+](=O)[O-]. The van der Waals surface area contributed by atoms with Crippen LogP contribution in [0.5, 0.6) is 0 Å². The van der Waals surface area contributed by atoms with E-state index in [9.17, 15) is 10.1 Å². The van der Waals surface area contributed by atoms with E-state index in [1.165, 1.54) is 12.3 Å². The van der Waals surface area contributed by atoms with Crippen molar-refractivity contribution in [2.75, 3.05) is 7.05 Å². The number of nitro benzene ring substituents is 1. The van der Waals surface area contributed by atoms with Gasteiger partial charge in [0.25, 0.3) is 5.69 Å². The molecule has 1 aromatic carbocycles. The molecule has 0 unspecified atom stereocenters. The fourth-order valence-electron chi connectivity index (χ4n) is 1.35. The number of benzene rings is 1. The fourth-order valence-corrected chi connectivity index (χ4v) is 1.40. The molecular weight excluding hydrogens is 252 g/mol. The molecule has 0 aromatic heterocycles. The Labute approximate surface area is 110 Å². The lowest BCUT2D eigenvalue weighted by molar-refractivity contribution is -0.385. The molecule has 0 radical (unpaired) electrons. The number of thiocarbonyl (C=S) groups is 1. The van der Waals surface area contributed by atoms with Crippen molar-refractivity contribution in [3.63, 3.8) is 0 Å². The van der Waals surface area contributed by atoms with E-state index in [4.69, 9.17) is 12.2 Å². The molecule has 2 N–H and O–H groups in total. The summed E-state index contributed by atoms with van der Waals surface area (Å²) in [5.74, 6) is 0. The number of hydrazone groups is 1. The van der Waals surface area contributed by atoms with Gasteiger partial charge in [-0.15, -0.1) is 0 Å². The van der Waals surface area contributed by atoms with Crippen LogP contribution in [0.15, 0.2) is 23.3 Å². The van der Waals surface area contributed by atoms with E-state index < -0.39 is 0 Å². The lowest BCUT2D eigenvalue weighted by Gasteiger charge is -2.02. The van der Waals surface area contributed by atoms with E-state index >= 15 is 0 Å². The van der Waals surface area contributed by atoms with Gasteiger partial charge in [-0.3, -0.25) is 15.5 Å². The maximum atomic E-state index is 10.9. The molecule has 0 aliphatic rings.